The van der Waals surface area contributed by atoms with Gasteiger partial charge in [-0.3, -0.25) is 14.4 Å². The van der Waals surface area contributed by atoms with Crippen LogP contribution in [0.1, 0.15) is 36.5 Å². The smallest absolute Gasteiger partial charge is 0.308 e. The predicted octanol–water partition coefficient (Wildman–Crippen LogP) is 3.44. The van der Waals surface area contributed by atoms with Gasteiger partial charge in [0.05, 0.1) is 17.8 Å². The van der Waals surface area contributed by atoms with Crippen LogP contribution < -0.4 is 0 Å². The Morgan fingerprint density at radius 2 is 1.47 bits per heavy atom. The van der Waals surface area contributed by atoms with Crippen molar-refractivity contribution < 1.29 is 24.6 Å². The number of hydrogen-bond acceptors (Lipinski definition) is 3. The summed E-state index contributed by atoms with van der Waals surface area (Å²) in [5, 5.41) is 18.6. The minimum atomic E-state index is -1.21. The van der Waals surface area contributed by atoms with Gasteiger partial charge in [0, 0.05) is 13.1 Å². The van der Waals surface area contributed by atoms with Crippen molar-refractivity contribution in [3.63, 3.8) is 0 Å². The van der Waals surface area contributed by atoms with E-state index in [1.54, 1.807) is 4.90 Å². The van der Waals surface area contributed by atoms with E-state index in [0.717, 1.165) is 18.4 Å². The van der Waals surface area contributed by atoms with Crippen molar-refractivity contribution in [1.82, 2.24) is 4.90 Å². The molecule has 0 spiro atoms. The standard InChI is InChI=1S/C24H27NO5/c1-2-12-25(22(26)19-14-20(23(27)28)21(19)24(29)30)15-18-10-8-17(9-11-18)13-16-6-4-3-5-7-16/h3-11,19-21H,2,12-15H2,1H3,(H,27,28)(H,29,30). The topological polar surface area (TPSA) is 94.9 Å². The molecule has 1 aliphatic rings. The molecule has 0 heterocycles. The van der Waals surface area contributed by atoms with E-state index in [2.05, 4.69) is 12.1 Å². The summed E-state index contributed by atoms with van der Waals surface area (Å²) in [5.41, 5.74) is 3.37. The van der Waals surface area contributed by atoms with Gasteiger partial charge in [0.2, 0.25) is 5.91 Å². The zero-order chi connectivity index (χ0) is 21.7. The van der Waals surface area contributed by atoms with Crippen LogP contribution in [-0.4, -0.2) is 39.5 Å². The first-order chi connectivity index (χ1) is 14.4. The van der Waals surface area contributed by atoms with Crippen molar-refractivity contribution in [3.8, 4) is 0 Å². The van der Waals surface area contributed by atoms with Crippen molar-refractivity contribution in [2.45, 2.75) is 32.7 Å². The average Bonchev–Trinajstić information content (AvgIpc) is 2.68. The van der Waals surface area contributed by atoms with Gasteiger partial charge >= 0.3 is 11.9 Å². The zero-order valence-corrected chi connectivity index (χ0v) is 17.0. The van der Waals surface area contributed by atoms with Crippen LogP contribution in [-0.2, 0) is 27.3 Å². The third-order valence-electron chi connectivity index (χ3n) is 5.75. The van der Waals surface area contributed by atoms with Gasteiger partial charge in [0.25, 0.3) is 0 Å². The van der Waals surface area contributed by atoms with E-state index in [-0.39, 0.29) is 12.3 Å². The monoisotopic (exact) mass is 409 g/mol. The molecule has 158 valence electrons. The van der Waals surface area contributed by atoms with Crippen LogP contribution in [0.4, 0.5) is 0 Å². The number of carboxylic acid groups (broad SMARTS) is 2. The highest BCUT2D eigenvalue weighted by Crippen LogP contribution is 2.42. The summed E-state index contributed by atoms with van der Waals surface area (Å²) in [6.45, 7) is 2.85. The Balaban J connectivity index is 1.67. The maximum atomic E-state index is 13.0. The lowest BCUT2D eigenvalue weighted by atomic mass is 9.64. The van der Waals surface area contributed by atoms with Gasteiger partial charge in [-0.2, -0.15) is 0 Å². The minimum Gasteiger partial charge on any atom is -0.481 e. The van der Waals surface area contributed by atoms with Crippen molar-refractivity contribution in [2.24, 2.45) is 17.8 Å². The highest BCUT2D eigenvalue weighted by molar-refractivity contribution is 5.91. The zero-order valence-electron chi connectivity index (χ0n) is 17.0. The SMILES string of the molecule is CCCN(Cc1ccc(Cc2ccccc2)cc1)C(=O)C1CC(C(=O)O)C1C(=O)O. The molecule has 2 aromatic carbocycles. The van der Waals surface area contributed by atoms with Crippen molar-refractivity contribution in [3.05, 3.63) is 71.3 Å². The summed E-state index contributed by atoms with van der Waals surface area (Å²) in [5.74, 6) is -5.54. The van der Waals surface area contributed by atoms with Gasteiger partial charge in [0.1, 0.15) is 0 Å². The first-order valence-electron chi connectivity index (χ1n) is 10.3. The molecule has 0 radical (unpaired) electrons. The molecule has 0 bridgehead atoms. The van der Waals surface area contributed by atoms with Crippen LogP contribution in [0.25, 0.3) is 0 Å². The molecule has 6 heteroatoms. The summed E-state index contributed by atoms with van der Waals surface area (Å²) < 4.78 is 0. The van der Waals surface area contributed by atoms with Crippen LogP contribution >= 0.6 is 0 Å². The molecule has 0 aromatic heterocycles. The second-order valence-electron chi connectivity index (χ2n) is 7.89. The second kappa shape index (κ2) is 9.57. The van der Waals surface area contributed by atoms with Gasteiger partial charge in [0.15, 0.2) is 0 Å². The Bertz CT molecular complexity index is 894. The van der Waals surface area contributed by atoms with E-state index in [1.165, 1.54) is 11.1 Å². The second-order valence-corrected chi connectivity index (χ2v) is 7.89. The normalized spacial score (nSPS) is 20.2. The fraction of sp³-hybridized carbons (Fsp3) is 0.375. The molecular formula is C24H27NO5. The molecule has 3 unspecified atom stereocenters. The molecule has 0 saturated heterocycles. The maximum absolute atomic E-state index is 13.0. The number of aliphatic carboxylic acids is 2. The summed E-state index contributed by atoms with van der Waals surface area (Å²) in [6, 6.07) is 18.2. The Morgan fingerprint density at radius 1 is 0.867 bits per heavy atom. The maximum Gasteiger partial charge on any atom is 0.308 e. The summed E-state index contributed by atoms with van der Waals surface area (Å²) >= 11 is 0. The molecule has 1 fully saturated rings. The number of carboxylic acids is 2. The lowest BCUT2D eigenvalue weighted by molar-refractivity contribution is -0.172. The van der Waals surface area contributed by atoms with E-state index >= 15 is 0 Å². The Morgan fingerprint density at radius 3 is 2.03 bits per heavy atom. The Hall–Kier alpha value is -3.15. The summed E-state index contributed by atoms with van der Waals surface area (Å²) in [7, 11) is 0. The molecule has 2 aromatic rings. The van der Waals surface area contributed by atoms with Gasteiger partial charge < -0.3 is 15.1 Å². The third-order valence-corrected chi connectivity index (χ3v) is 5.75. The lowest BCUT2D eigenvalue weighted by Gasteiger charge is -2.40. The summed E-state index contributed by atoms with van der Waals surface area (Å²) in [6.07, 6.45) is 1.66. The number of nitrogens with zero attached hydrogens (tertiary/aromatic N) is 1. The van der Waals surface area contributed by atoms with Crippen LogP contribution in [0.3, 0.4) is 0 Å². The van der Waals surface area contributed by atoms with Crippen LogP contribution in [0.5, 0.6) is 0 Å². The molecule has 1 aliphatic carbocycles. The van der Waals surface area contributed by atoms with E-state index in [1.807, 2.05) is 49.4 Å². The molecule has 0 aliphatic heterocycles. The van der Waals surface area contributed by atoms with E-state index in [0.29, 0.717) is 13.1 Å². The van der Waals surface area contributed by atoms with Crippen LogP contribution in [0.15, 0.2) is 54.6 Å². The number of benzene rings is 2. The number of rotatable bonds is 9. The first-order valence-corrected chi connectivity index (χ1v) is 10.3. The Kier molecular flexibility index (Phi) is 6.87. The number of hydrogen-bond donors (Lipinski definition) is 2. The molecule has 3 atom stereocenters. The predicted molar refractivity (Wildman–Crippen MR) is 112 cm³/mol. The molecule has 3 rings (SSSR count). The van der Waals surface area contributed by atoms with Crippen LogP contribution in [0.2, 0.25) is 0 Å². The molecule has 1 amide bonds. The molecular weight excluding hydrogens is 382 g/mol. The van der Waals surface area contributed by atoms with Gasteiger partial charge in [-0.05, 0) is 36.0 Å². The van der Waals surface area contributed by atoms with Crippen molar-refractivity contribution in [2.75, 3.05) is 6.54 Å². The van der Waals surface area contributed by atoms with Crippen molar-refractivity contribution >= 4 is 17.8 Å². The third kappa shape index (κ3) is 4.87. The quantitative estimate of drug-likeness (QED) is 0.662. The van der Waals surface area contributed by atoms with Gasteiger partial charge in [-0.1, -0.05) is 61.5 Å². The molecule has 1 saturated carbocycles. The average molecular weight is 409 g/mol. The highest BCUT2D eigenvalue weighted by Gasteiger charge is 2.54. The van der Waals surface area contributed by atoms with Crippen molar-refractivity contribution in [1.29, 1.82) is 0 Å². The van der Waals surface area contributed by atoms with E-state index in [4.69, 9.17) is 0 Å². The Labute approximate surface area is 176 Å². The molecule has 30 heavy (non-hydrogen) atoms. The highest BCUT2D eigenvalue weighted by atomic mass is 16.4. The number of carbonyl (C=O) groups is 3. The van der Waals surface area contributed by atoms with E-state index < -0.39 is 29.7 Å². The van der Waals surface area contributed by atoms with Crippen LogP contribution in [0, 0.1) is 17.8 Å². The largest absolute Gasteiger partial charge is 0.481 e. The van der Waals surface area contributed by atoms with Gasteiger partial charge in [-0.15, -0.1) is 0 Å². The number of carbonyl (C=O) groups excluding carboxylic acids is 1. The van der Waals surface area contributed by atoms with Gasteiger partial charge in [-0.25, -0.2) is 0 Å². The lowest BCUT2D eigenvalue weighted by Crippen LogP contribution is -2.53. The number of amides is 1. The molecule has 6 nitrogen and oxygen atoms in total. The fourth-order valence-corrected chi connectivity index (χ4v) is 4.09. The molecule has 2 N–H and O–H groups in total. The van der Waals surface area contributed by atoms with E-state index in [9.17, 15) is 24.6 Å². The summed E-state index contributed by atoms with van der Waals surface area (Å²) in [4.78, 5) is 37.4. The minimum absolute atomic E-state index is 0.0847. The fourth-order valence-electron chi connectivity index (χ4n) is 4.09. The first kappa shape index (κ1) is 21.6.